The maximum atomic E-state index is 13.4. The number of ether oxygens (including phenoxy) is 2. The summed E-state index contributed by atoms with van der Waals surface area (Å²) in [6, 6.07) is 24.6. The molecule has 5 rings (SSSR count). The molecule has 0 aromatic heterocycles. The third-order valence-electron chi connectivity index (χ3n) is 7.25. The van der Waals surface area contributed by atoms with E-state index in [-0.39, 0.29) is 11.6 Å². The number of carbonyl (C=O) groups is 2. The smallest absolute Gasteiger partial charge is 0.194 e. The first kappa shape index (κ1) is 30.5. The molecule has 8 nitrogen and oxygen atoms in total. The van der Waals surface area contributed by atoms with Crippen LogP contribution in [0.25, 0.3) is 0 Å². The van der Waals surface area contributed by atoms with E-state index in [2.05, 4.69) is 34.3 Å². The van der Waals surface area contributed by atoms with E-state index in [9.17, 15) is 9.59 Å². The van der Waals surface area contributed by atoms with Gasteiger partial charge in [0, 0.05) is 22.3 Å². The molecule has 0 saturated carbocycles. The average molecular weight is 589 g/mol. The van der Waals surface area contributed by atoms with Crippen LogP contribution in [0.15, 0.2) is 105 Å². The van der Waals surface area contributed by atoms with Crippen molar-refractivity contribution in [3.05, 3.63) is 107 Å². The Morgan fingerprint density at radius 1 is 0.455 bits per heavy atom. The number of ketones is 2. The molecule has 0 atom stereocenters. The number of nitrogens with zero attached hydrogens (tertiary/aromatic N) is 4. The Balaban J connectivity index is 1.24. The molecule has 44 heavy (non-hydrogen) atoms. The van der Waals surface area contributed by atoms with Gasteiger partial charge in [0.25, 0.3) is 0 Å². The Bertz CT molecular complexity index is 1540. The number of rotatable bonds is 14. The molecule has 0 spiro atoms. The Morgan fingerprint density at radius 2 is 0.818 bits per heavy atom. The summed E-state index contributed by atoms with van der Waals surface area (Å²) >= 11 is 0. The van der Waals surface area contributed by atoms with Gasteiger partial charge in [0.15, 0.2) is 11.6 Å². The lowest BCUT2D eigenvalue weighted by Gasteiger charge is -2.17. The van der Waals surface area contributed by atoms with Crippen molar-refractivity contribution in [3.63, 3.8) is 0 Å². The number of hydrogen-bond donors (Lipinski definition) is 0. The van der Waals surface area contributed by atoms with Crippen molar-refractivity contribution in [2.75, 3.05) is 13.2 Å². The molecule has 0 radical (unpaired) electrons. The number of fused-ring (bicyclic) bond motifs is 2. The lowest BCUT2D eigenvalue weighted by atomic mass is 9.83. The normalized spacial score (nSPS) is 12.5. The number of benzene rings is 4. The van der Waals surface area contributed by atoms with Crippen LogP contribution < -0.4 is 9.47 Å². The lowest BCUT2D eigenvalue weighted by Crippen LogP contribution is -2.20. The molecule has 0 fully saturated rings. The summed E-state index contributed by atoms with van der Waals surface area (Å²) in [5.41, 5.74) is 3.55. The fraction of sp³-hybridized carbons (Fsp3) is 0.278. The van der Waals surface area contributed by atoms with Gasteiger partial charge in [-0.05, 0) is 97.8 Å². The van der Waals surface area contributed by atoms with E-state index in [1.807, 2.05) is 48.5 Å². The number of hydrogen-bond acceptors (Lipinski definition) is 8. The molecule has 0 amide bonds. The summed E-state index contributed by atoms with van der Waals surface area (Å²) in [6.07, 6.45) is 6.64. The maximum absolute atomic E-state index is 13.4. The average Bonchev–Trinajstić information content (AvgIpc) is 3.06. The summed E-state index contributed by atoms with van der Waals surface area (Å²) in [4.78, 5) is 26.7. The molecular weight excluding hydrogens is 552 g/mol. The van der Waals surface area contributed by atoms with Crippen LogP contribution in [0.2, 0.25) is 0 Å². The quantitative estimate of drug-likeness (QED) is 0.0951. The topological polar surface area (TPSA) is 102 Å². The second-order valence-electron chi connectivity index (χ2n) is 10.6. The third-order valence-corrected chi connectivity index (χ3v) is 7.25. The Morgan fingerprint density at radius 3 is 1.20 bits per heavy atom. The Hall–Kier alpha value is -4.98. The molecule has 0 N–H and O–H groups in total. The van der Waals surface area contributed by atoms with E-state index in [0.29, 0.717) is 58.2 Å². The number of unbranched alkanes of at least 4 members (excludes halogenated alkanes) is 4. The van der Waals surface area contributed by atoms with Crippen molar-refractivity contribution in [2.24, 2.45) is 20.5 Å². The molecule has 8 heteroatoms. The van der Waals surface area contributed by atoms with Gasteiger partial charge < -0.3 is 9.47 Å². The van der Waals surface area contributed by atoms with Gasteiger partial charge >= 0.3 is 0 Å². The maximum Gasteiger partial charge on any atom is 0.194 e. The lowest BCUT2D eigenvalue weighted by molar-refractivity contribution is 0.0979. The number of azo groups is 2. The predicted octanol–water partition coefficient (Wildman–Crippen LogP) is 10.4. The zero-order chi connectivity index (χ0) is 30.7. The molecule has 1 aliphatic carbocycles. The van der Waals surface area contributed by atoms with Crippen LogP contribution in [-0.2, 0) is 0 Å². The molecule has 0 aliphatic heterocycles. The molecule has 4 aromatic rings. The van der Waals surface area contributed by atoms with Gasteiger partial charge in [0.05, 0.1) is 36.0 Å². The van der Waals surface area contributed by atoms with E-state index >= 15 is 0 Å². The van der Waals surface area contributed by atoms with Crippen LogP contribution in [0.5, 0.6) is 11.5 Å². The van der Waals surface area contributed by atoms with Crippen molar-refractivity contribution in [3.8, 4) is 11.5 Å². The van der Waals surface area contributed by atoms with Gasteiger partial charge in [0.1, 0.15) is 11.5 Å². The van der Waals surface area contributed by atoms with Crippen molar-refractivity contribution in [2.45, 2.75) is 52.4 Å². The molecule has 0 heterocycles. The van der Waals surface area contributed by atoms with E-state index in [4.69, 9.17) is 9.47 Å². The monoisotopic (exact) mass is 588 g/mol. The SMILES string of the molecule is CCCCCOc1ccc(N=Nc2ccc3c(c2)C(=O)c2ccc(N=Nc4ccc(OCCCCC)cc4)cc2C3=O)cc1. The van der Waals surface area contributed by atoms with Gasteiger partial charge in [-0.3, -0.25) is 9.59 Å². The number of carbonyl (C=O) groups excluding carboxylic acids is 2. The van der Waals surface area contributed by atoms with E-state index in [0.717, 1.165) is 50.0 Å². The van der Waals surface area contributed by atoms with Crippen LogP contribution >= 0.6 is 0 Å². The van der Waals surface area contributed by atoms with Gasteiger partial charge in [0.2, 0.25) is 0 Å². The van der Waals surface area contributed by atoms with E-state index < -0.39 is 0 Å². The highest BCUT2D eigenvalue weighted by molar-refractivity contribution is 6.28. The first-order valence-corrected chi connectivity index (χ1v) is 15.2. The van der Waals surface area contributed by atoms with Gasteiger partial charge in [-0.2, -0.15) is 20.5 Å². The standard InChI is InChI=1S/C36H36N4O4/c1-3-5-7-21-43-29-15-9-25(10-16-29)37-39-27-13-19-31-33(23-27)35(41)32-20-14-28(24-34(32)36(31)42)40-38-26-11-17-30(18-12-26)44-22-8-6-4-2/h9-20,23-24H,3-8,21-22H2,1-2H3. The summed E-state index contributed by atoms with van der Waals surface area (Å²) < 4.78 is 11.5. The van der Waals surface area contributed by atoms with Gasteiger partial charge in [-0.25, -0.2) is 0 Å². The first-order chi connectivity index (χ1) is 21.6. The van der Waals surface area contributed by atoms with E-state index in [1.165, 1.54) is 0 Å². The fourth-order valence-corrected chi connectivity index (χ4v) is 4.78. The molecule has 1 aliphatic rings. The van der Waals surface area contributed by atoms with Crippen LogP contribution in [-0.4, -0.2) is 24.8 Å². The van der Waals surface area contributed by atoms with Crippen molar-refractivity contribution >= 4 is 34.3 Å². The van der Waals surface area contributed by atoms with Crippen molar-refractivity contribution < 1.29 is 19.1 Å². The molecule has 4 aromatic carbocycles. The Labute approximate surface area is 257 Å². The van der Waals surface area contributed by atoms with Gasteiger partial charge in [-0.15, -0.1) is 0 Å². The molecular formula is C36H36N4O4. The molecule has 0 bridgehead atoms. The molecule has 0 unspecified atom stereocenters. The Kier molecular flexibility index (Phi) is 10.4. The zero-order valence-corrected chi connectivity index (χ0v) is 25.2. The first-order valence-electron chi connectivity index (χ1n) is 15.2. The highest BCUT2D eigenvalue weighted by Gasteiger charge is 2.30. The molecule has 224 valence electrons. The van der Waals surface area contributed by atoms with Crippen LogP contribution in [0.4, 0.5) is 22.7 Å². The summed E-state index contributed by atoms with van der Waals surface area (Å²) in [5, 5.41) is 17.2. The largest absolute Gasteiger partial charge is 0.494 e. The van der Waals surface area contributed by atoms with Crippen LogP contribution in [0, 0.1) is 0 Å². The van der Waals surface area contributed by atoms with Gasteiger partial charge in [-0.1, -0.05) is 39.5 Å². The summed E-state index contributed by atoms with van der Waals surface area (Å²) in [6.45, 7) is 5.70. The summed E-state index contributed by atoms with van der Waals surface area (Å²) in [7, 11) is 0. The minimum absolute atomic E-state index is 0.241. The zero-order valence-electron chi connectivity index (χ0n) is 25.2. The second-order valence-corrected chi connectivity index (χ2v) is 10.6. The second kappa shape index (κ2) is 15.0. The highest BCUT2D eigenvalue weighted by Crippen LogP contribution is 2.33. The summed E-state index contributed by atoms with van der Waals surface area (Å²) in [5.74, 6) is 1.10. The predicted molar refractivity (Wildman–Crippen MR) is 171 cm³/mol. The third kappa shape index (κ3) is 7.69. The van der Waals surface area contributed by atoms with E-state index in [1.54, 1.807) is 36.4 Å². The molecule has 0 saturated heterocycles. The minimum Gasteiger partial charge on any atom is -0.494 e. The highest BCUT2D eigenvalue weighted by atomic mass is 16.5. The fourth-order valence-electron chi connectivity index (χ4n) is 4.78. The van der Waals surface area contributed by atoms with Crippen LogP contribution in [0.1, 0.15) is 84.2 Å². The van der Waals surface area contributed by atoms with Crippen LogP contribution in [0.3, 0.4) is 0 Å². The van der Waals surface area contributed by atoms with Crippen molar-refractivity contribution in [1.82, 2.24) is 0 Å². The van der Waals surface area contributed by atoms with Crippen molar-refractivity contribution in [1.29, 1.82) is 0 Å². The minimum atomic E-state index is -0.241.